The van der Waals surface area contributed by atoms with Gasteiger partial charge in [-0.25, -0.2) is 0 Å². The van der Waals surface area contributed by atoms with E-state index in [9.17, 15) is 4.79 Å². The summed E-state index contributed by atoms with van der Waals surface area (Å²) >= 11 is 0. The molecule has 0 amide bonds. The number of rotatable bonds is 4. The first-order valence-corrected chi connectivity index (χ1v) is 7.43. The van der Waals surface area contributed by atoms with Gasteiger partial charge in [0.15, 0.2) is 5.78 Å². The third kappa shape index (κ3) is 2.73. The van der Waals surface area contributed by atoms with Gasteiger partial charge in [0.25, 0.3) is 0 Å². The number of nitrogens with zero attached hydrogens (tertiary/aromatic N) is 1. The Hall–Kier alpha value is -2.61. The fourth-order valence-electron chi connectivity index (χ4n) is 2.73. The lowest BCUT2D eigenvalue weighted by Crippen LogP contribution is -2.09. The van der Waals surface area contributed by atoms with Crippen LogP contribution in [0.4, 0.5) is 0 Å². The van der Waals surface area contributed by atoms with Crippen molar-refractivity contribution in [3.8, 4) is 0 Å². The number of likely N-dealkylation sites (N-methyl/N-ethyl adjacent to an activating group) is 1. The predicted octanol–water partition coefficient (Wildman–Crippen LogP) is 4.02. The molecule has 1 aliphatic rings. The van der Waals surface area contributed by atoms with Crippen LogP contribution < -0.4 is 0 Å². The molecule has 110 valence electrons. The van der Waals surface area contributed by atoms with Gasteiger partial charge in [-0.15, -0.1) is 0 Å². The molecule has 1 unspecified atom stereocenters. The summed E-state index contributed by atoms with van der Waals surface area (Å²) in [5.74, 6) is 0.234. The van der Waals surface area contributed by atoms with Crippen molar-refractivity contribution in [3.63, 3.8) is 0 Å². The van der Waals surface area contributed by atoms with E-state index in [0.717, 1.165) is 16.7 Å². The van der Waals surface area contributed by atoms with Crippen molar-refractivity contribution in [1.82, 2.24) is 4.90 Å². The van der Waals surface area contributed by atoms with Crippen LogP contribution in [0.3, 0.4) is 0 Å². The third-order valence-electron chi connectivity index (χ3n) is 3.94. The molecule has 0 saturated carbocycles. The molecule has 1 atom stereocenters. The summed E-state index contributed by atoms with van der Waals surface area (Å²) in [7, 11) is 4.05. The zero-order chi connectivity index (χ0) is 15.5. The van der Waals surface area contributed by atoms with Gasteiger partial charge in [0, 0.05) is 36.8 Å². The number of hydrogen-bond donors (Lipinski definition) is 0. The Balaban J connectivity index is 1.99. The van der Waals surface area contributed by atoms with Crippen LogP contribution in [0.15, 0.2) is 78.5 Å². The van der Waals surface area contributed by atoms with E-state index in [-0.39, 0.29) is 11.7 Å². The lowest BCUT2D eigenvalue weighted by atomic mass is 9.91. The van der Waals surface area contributed by atoms with Gasteiger partial charge >= 0.3 is 0 Å². The number of benzene rings is 2. The summed E-state index contributed by atoms with van der Waals surface area (Å²) in [6.45, 7) is 0. The second kappa shape index (κ2) is 6.02. The minimum absolute atomic E-state index is 0.0799. The standard InChI is InChI=1S/C20H19NO/c1-21(2)17-13-12-16(14-17)18-10-6-7-11-19(18)20(22)15-8-4-3-5-9-15/h3-14,16H,1-2H3. The van der Waals surface area contributed by atoms with Crippen LogP contribution in [-0.4, -0.2) is 24.8 Å². The second-order valence-electron chi connectivity index (χ2n) is 5.65. The lowest BCUT2D eigenvalue weighted by Gasteiger charge is -2.14. The van der Waals surface area contributed by atoms with Gasteiger partial charge in [0.1, 0.15) is 0 Å². The van der Waals surface area contributed by atoms with Crippen molar-refractivity contribution in [1.29, 1.82) is 0 Å². The zero-order valence-electron chi connectivity index (χ0n) is 12.9. The molecule has 22 heavy (non-hydrogen) atoms. The highest BCUT2D eigenvalue weighted by atomic mass is 16.1. The summed E-state index contributed by atoms with van der Waals surface area (Å²) in [4.78, 5) is 14.9. The molecule has 0 bridgehead atoms. The van der Waals surface area contributed by atoms with Crippen molar-refractivity contribution in [2.75, 3.05) is 14.1 Å². The Morgan fingerprint density at radius 2 is 1.64 bits per heavy atom. The first-order valence-electron chi connectivity index (χ1n) is 7.43. The number of carbonyl (C=O) groups excluding carboxylic acids is 1. The van der Waals surface area contributed by atoms with E-state index in [2.05, 4.69) is 23.1 Å². The Morgan fingerprint density at radius 1 is 0.955 bits per heavy atom. The molecule has 2 heteroatoms. The number of ketones is 1. The molecule has 2 aromatic rings. The maximum atomic E-state index is 12.8. The molecule has 0 saturated heterocycles. The molecule has 0 aromatic heterocycles. The Kier molecular flexibility index (Phi) is 3.92. The minimum Gasteiger partial charge on any atom is -0.378 e. The van der Waals surface area contributed by atoms with Crippen LogP contribution in [0.5, 0.6) is 0 Å². The Labute approximate surface area is 131 Å². The highest BCUT2D eigenvalue weighted by Gasteiger charge is 2.20. The summed E-state index contributed by atoms with van der Waals surface area (Å²) in [5, 5.41) is 0. The van der Waals surface area contributed by atoms with Crippen molar-refractivity contribution < 1.29 is 4.79 Å². The smallest absolute Gasteiger partial charge is 0.193 e. The number of carbonyl (C=O) groups is 1. The molecule has 0 radical (unpaired) electrons. The highest BCUT2D eigenvalue weighted by molar-refractivity contribution is 6.10. The fraction of sp³-hybridized carbons (Fsp3) is 0.150. The first-order chi connectivity index (χ1) is 10.7. The molecule has 1 aliphatic carbocycles. The van der Waals surface area contributed by atoms with Crippen molar-refractivity contribution in [2.24, 2.45) is 0 Å². The van der Waals surface area contributed by atoms with E-state index in [1.54, 1.807) is 0 Å². The molecule has 2 aromatic carbocycles. The van der Waals surface area contributed by atoms with E-state index in [1.807, 2.05) is 68.7 Å². The van der Waals surface area contributed by atoms with Gasteiger partial charge in [-0.3, -0.25) is 4.79 Å². The topological polar surface area (TPSA) is 20.3 Å². The lowest BCUT2D eigenvalue weighted by molar-refractivity contribution is 0.103. The van der Waals surface area contributed by atoms with E-state index < -0.39 is 0 Å². The van der Waals surface area contributed by atoms with E-state index in [1.165, 1.54) is 5.70 Å². The fourth-order valence-corrected chi connectivity index (χ4v) is 2.73. The zero-order valence-corrected chi connectivity index (χ0v) is 12.9. The molecular weight excluding hydrogens is 270 g/mol. The average Bonchev–Trinajstić information content (AvgIpc) is 3.05. The van der Waals surface area contributed by atoms with Gasteiger partial charge < -0.3 is 4.90 Å². The number of hydrogen-bond acceptors (Lipinski definition) is 2. The van der Waals surface area contributed by atoms with E-state index >= 15 is 0 Å². The molecule has 0 heterocycles. The Bertz CT molecular complexity index is 741. The van der Waals surface area contributed by atoms with Gasteiger partial charge in [0.05, 0.1) is 0 Å². The maximum absolute atomic E-state index is 12.8. The normalized spacial score (nSPS) is 16.5. The molecule has 3 rings (SSSR count). The van der Waals surface area contributed by atoms with Gasteiger partial charge in [0.2, 0.25) is 0 Å². The van der Waals surface area contributed by atoms with Crippen molar-refractivity contribution in [3.05, 3.63) is 95.2 Å². The van der Waals surface area contributed by atoms with E-state index in [0.29, 0.717) is 0 Å². The van der Waals surface area contributed by atoms with Gasteiger partial charge in [-0.2, -0.15) is 0 Å². The molecular formula is C20H19NO. The second-order valence-corrected chi connectivity index (χ2v) is 5.65. The summed E-state index contributed by atoms with van der Waals surface area (Å²) in [6, 6.07) is 17.3. The van der Waals surface area contributed by atoms with Crippen LogP contribution in [0, 0.1) is 0 Å². The highest BCUT2D eigenvalue weighted by Crippen LogP contribution is 2.30. The molecule has 0 N–H and O–H groups in total. The van der Waals surface area contributed by atoms with Crippen molar-refractivity contribution in [2.45, 2.75) is 5.92 Å². The maximum Gasteiger partial charge on any atom is 0.193 e. The summed E-state index contributed by atoms with van der Waals surface area (Å²) in [6.07, 6.45) is 6.44. The monoisotopic (exact) mass is 289 g/mol. The molecule has 0 spiro atoms. The van der Waals surface area contributed by atoms with Gasteiger partial charge in [-0.1, -0.05) is 60.7 Å². The summed E-state index contributed by atoms with van der Waals surface area (Å²) in [5.41, 5.74) is 3.74. The van der Waals surface area contributed by atoms with Crippen molar-refractivity contribution >= 4 is 5.78 Å². The molecule has 2 nitrogen and oxygen atoms in total. The largest absolute Gasteiger partial charge is 0.378 e. The van der Waals surface area contributed by atoms with Gasteiger partial charge in [-0.05, 0) is 17.7 Å². The third-order valence-corrected chi connectivity index (χ3v) is 3.94. The van der Waals surface area contributed by atoms with Crippen LogP contribution in [0.2, 0.25) is 0 Å². The predicted molar refractivity (Wildman–Crippen MR) is 90.0 cm³/mol. The summed E-state index contributed by atoms with van der Waals surface area (Å²) < 4.78 is 0. The van der Waals surface area contributed by atoms with E-state index in [4.69, 9.17) is 0 Å². The molecule has 0 fully saturated rings. The average molecular weight is 289 g/mol. The Morgan fingerprint density at radius 3 is 2.32 bits per heavy atom. The SMILES string of the molecule is CN(C)C1=CC(c2ccccc2C(=O)c2ccccc2)C=C1. The first kappa shape index (κ1) is 14.3. The van der Waals surface area contributed by atoms with Crippen LogP contribution >= 0.6 is 0 Å². The van der Waals surface area contributed by atoms with Crippen LogP contribution in [0.25, 0.3) is 0 Å². The quantitative estimate of drug-likeness (QED) is 0.792. The number of allylic oxidation sites excluding steroid dienone is 3. The molecule has 0 aliphatic heterocycles. The minimum atomic E-state index is 0.0799. The van der Waals surface area contributed by atoms with Crippen LogP contribution in [-0.2, 0) is 0 Å². The van der Waals surface area contributed by atoms with Crippen LogP contribution in [0.1, 0.15) is 27.4 Å².